The number of carboxylic acids is 1. The smallest absolute Gasteiger partial charge is 0.329 e. The summed E-state index contributed by atoms with van der Waals surface area (Å²) >= 11 is 0. The van der Waals surface area contributed by atoms with Crippen molar-refractivity contribution in [1.29, 1.82) is 0 Å². The highest BCUT2D eigenvalue weighted by molar-refractivity contribution is 5.88. The Hall–Kier alpha value is -1.84. The molecule has 108 valence electrons. The Balaban J connectivity index is 1.95. The van der Waals surface area contributed by atoms with E-state index in [9.17, 15) is 14.7 Å². The van der Waals surface area contributed by atoms with Crippen LogP contribution in [0.25, 0.3) is 0 Å². The molecule has 1 unspecified atom stereocenters. The van der Waals surface area contributed by atoms with Crippen molar-refractivity contribution in [3.63, 3.8) is 0 Å². The molecule has 1 saturated carbocycles. The standard InChI is InChI=1S/C16H21NO3/c1-11-4-6-13(7-5-11)10-12(2)14(18)17-16(15(19)20)8-3-9-16/h4-7,12H,3,8-10H2,1-2H3,(H,17,18)(H,19,20). The molecular formula is C16H21NO3. The first-order valence-corrected chi connectivity index (χ1v) is 7.04. The van der Waals surface area contributed by atoms with E-state index in [1.165, 1.54) is 5.56 Å². The van der Waals surface area contributed by atoms with Gasteiger partial charge in [0.2, 0.25) is 5.91 Å². The lowest BCUT2D eigenvalue weighted by Gasteiger charge is -2.38. The molecule has 20 heavy (non-hydrogen) atoms. The van der Waals surface area contributed by atoms with Gasteiger partial charge >= 0.3 is 5.97 Å². The van der Waals surface area contributed by atoms with Crippen LogP contribution in [0.1, 0.15) is 37.3 Å². The van der Waals surface area contributed by atoms with Crippen LogP contribution in [0, 0.1) is 12.8 Å². The fourth-order valence-electron chi connectivity index (χ4n) is 2.45. The van der Waals surface area contributed by atoms with Gasteiger partial charge in [-0.3, -0.25) is 4.79 Å². The van der Waals surface area contributed by atoms with Gasteiger partial charge in [-0.2, -0.15) is 0 Å². The SMILES string of the molecule is Cc1ccc(CC(C)C(=O)NC2(C(=O)O)CCC2)cc1. The molecule has 0 aromatic heterocycles. The molecule has 1 atom stereocenters. The first kappa shape index (κ1) is 14.6. The molecule has 0 radical (unpaired) electrons. The van der Waals surface area contributed by atoms with Gasteiger partial charge in [0.15, 0.2) is 0 Å². The Bertz CT molecular complexity index is 503. The van der Waals surface area contributed by atoms with Crippen molar-refractivity contribution in [1.82, 2.24) is 5.32 Å². The average molecular weight is 275 g/mol. The predicted molar refractivity (Wildman–Crippen MR) is 76.4 cm³/mol. The zero-order chi connectivity index (χ0) is 14.8. The lowest BCUT2D eigenvalue weighted by molar-refractivity contribution is -0.152. The minimum atomic E-state index is -1.02. The molecule has 4 nitrogen and oxygen atoms in total. The molecule has 1 aromatic rings. The molecule has 0 spiro atoms. The highest BCUT2D eigenvalue weighted by atomic mass is 16.4. The van der Waals surface area contributed by atoms with Gasteiger partial charge in [0, 0.05) is 5.92 Å². The Morgan fingerprint density at radius 3 is 2.35 bits per heavy atom. The Kier molecular flexibility index (Phi) is 4.12. The van der Waals surface area contributed by atoms with Gasteiger partial charge in [-0.05, 0) is 38.2 Å². The number of carbonyl (C=O) groups is 2. The van der Waals surface area contributed by atoms with Gasteiger partial charge < -0.3 is 10.4 Å². The molecule has 1 aliphatic rings. The van der Waals surface area contributed by atoms with Crippen LogP contribution in [0.3, 0.4) is 0 Å². The number of carboxylic acid groups (broad SMARTS) is 1. The van der Waals surface area contributed by atoms with Crippen molar-refractivity contribution in [2.24, 2.45) is 5.92 Å². The summed E-state index contributed by atoms with van der Waals surface area (Å²) in [6.45, 7) is 3.86. The number of hydrogen-bond acceptors (Lipinski definition) is 2. The first-order valence-electron chi connectivity index (χ1n) is 7.04. The van der Waals surface area contributed by atoms with E-state index in [1.807, 2.05) is 38.1 Å². The zero-order valence-corrected chi connectivity index (χ0v) is 12.0. The Morgan fingerprint density at radius 2 is 1.90 bits per heavy atom. The molecule has 2 rings (SSSR count). The zero-order valence-electron chi connectivity index (χ0n) is 12.0. The molecule has 1 aliphatic carbocycles. The third-order valence-corrected chi connectivity index (χ3v) is 4.09. The monoisotopic (exact) mass is 275 g/mol. The second-order valence-corrected chi connectivity index (χ2v) is 5.82. The van der Waals surface area contributed by atoms with E-state index < -0.39 is 11.5 Å². The molecule has 0 heterocycles. The van der Waals surface area contributed by atoms with Crippen LogP contribution in [-0.4, -0.2) is 22.5 Å². The van der Waals surface area contributed by atoms with Crippen LogP contribution in [0.4, 0.5) is 0 Å². The van der Waals surface area contributed by atoms with Gasteiger partial charge in [-0.25, -0.2) is 4.79 Å². The van der Waals surface area contributed by atoms with Gasteiger partial charge in [0.1, 0.15) is 5.54 Å². The molecule has 1 fully saturated rings. The van der Waals surface area contributed by atoms with Crippen LogP contribution in [0.5, 0.6) is 0 Å². The van der Waals surface area contributed by atoms with E-state index in [-0.39, 0.29) is 11.8 Å². The first-order chi connectivity index (χ1) is 9.43. The van der Waals surface area contributed by atoms with Gasteiger partial charge in [-0.15, -0.1) is 0 Å². The second-order valence-electron chi connectivity index (χ2n) is 5.82. The fourth-order valence-corrected chi connectivity index (χ4v) is 2.45. The Morgan fingerprint density at radius 1 is 1.30 bits per heavy atom. The molecule has 0 bridgehead atoms. The summed E-state index contributed by atoms with van der Waals surface area (Å²) < 4.78 is 0. The largest absolute Gasteiger partial charge is 0.480 e. The number of aliphatic carboxylic acids is 1. The Labute approximate surface area is 119 Å². The third-order valence-electron chi connectivity index (χ3n) is 4.09. The summed E-state index contributed by atoms with van der Waals surface area (Å²) in [4.78, 5) is 23.4. The molecule has 1 amide bonds. The normalized spacial score (nSPS) is 17.9. The maximum absolute atomic E-state index is 12.2. The van der Waals surface area contributed by atoms with E-state index in [1.54, 1.807) is 0 Å². The summed E-state index contributed by atoms with van der Waals surface area (Å²) in [5.41, 5.74) is 1.26. The summed E-state index contributed by atoms with van der Waals surface area (Å²) in [6, 6.07) is 8.06. The average Bonchev–Trinajstić information content (AvgIpc) is 2.35. The van der Waals surface area contributed by atoms with Crippen LogP contribution >= 0.6 is 0 Å². The topological polar surface area (TPSA) is 66.4 Å². The lowest BCUT2D eigenvalue weighted by atomic mass is 9.76. The molecule has 4 heteroatoms. The number of benzene rings is 1. The number of rotatable bonds is 5. The fraction of sp³-hybridized carbons (Fsp3) is 0.500. The number of hydrogen-bond donors (Lipinski definition) is 2. The summed E-state index contributed by atoms with van der Waals surface area (Å²) in [5.74, 6) is -1.32. The minimum Gasteiger partial charge on any atom is -0.480 e. The summed E-state index contributed by atoms with van der Waals surface area (Å²) in [7, 11) is 0. The molecule has 0 aliphatic heterocycles. The van der Waals surface area contributed by atoms with Gasteiger partial charge in [0.25, 0.3) is 0 Å². The van der Waals surface area contributed by atoms with Crippen LogP contribution in [-0.2, 0) is 16.0 Å². The van der Waals surface area contributed by atoms with Crippen molar-refractivity contribution in [3.8, 4) is 0 Å². The summed E-state index contributed by atoms with van der Waals surface area (Å²) in [6.07, 6.45) is 2.55. The third kappa shape index (κ3) is 3.00. The van der Waals surface area contributed by atoms with Crippen molar-refractivity contribution in [2.75, 3.05) is 0 Å². The minimum absolute atomic E-state index is 0.173. The number of aryl methyl sites for hydroxylation is 1. The van der Waals surface area contributed by atoms with E-state index in [0.29, 0.717) is 19.3 Å². The van der Waals surface area contributed by atoms with E-state index in [2.05, 4.69) is 5.32 Å². The second kappa shape index (κ2) is 5.65. The maximum atomic E-state index is 12.2. The number of carbonyl (C=O) groups excluding carboxylic acids is 1. The molecule has 2 N–H and O–H groups in total. The predicted octanol–water partition coefficient (Wildman–Crippen LogP) is 2.30. The highest BCUT2D eigenvalue weighted by Crippen LogP contribution is 2.32. The molecule has 1 aromatic carbocycles. The van der Waals surface area contributed by atoms with Crippen LogP contribution in [0.15, 0.2) is 24.3 Å². The summed E-state index contributed by atoms with van der Waals surface area (Å²) in [5, 5.41) is 11.9. The number of nitrogens with one attached hydrogen (secondary N) is 1. The number of amides is 1. The van der Waals surface area contributed by atoms with Crippen molar-refractivity contribution in [3.05, 3.63) is 35.4 Å². The molecular weight excluding hydrogens is 254 g/mol. The van der Waals surface area contributed by atoms with E-state index in [0.717, 1.165) is 12.0 Å². The van der Waals surface area contributed by atoms with Gasteiger partial charge in [0.05, 0.1) is 0 Å². The van der Waals surface area contributed by atoms with Gasteiger partial charge in [-0.1, -0.05) is 36.8 Å². The maximum Gasteiger partial charge on any atom is 0.329 e. The van der Waals surface area contributed by atoms with E-state index in [4.69, 9.17) is 0 Å². The lowest BCUT2D eigenvalue weighted by Crippen LogP contribution is -2.60. The quantitative estimate of drug-likeness (QED) is 0.866. The van der Waals surface area contributed by atoms with Crippen molar-refractivity contribution in [2.45, 2.75) is 45.1 Å². The van der Waals surface area contributed by atoms with E-state index >= 15 is 0 Å². The van der Waals surface area contributed by atoms with Crippen molar-refractivity contribution < 1.29 is 14.7 Å². The van der Waals surface area contributed by atoms with Crippen molar-refractivity contribution >= 4 is 11.9 Å². The highest BCUT2D eigenvalue weighted by Gasteiger charge is 2.46. The van der Waals surface area contributed by atoms with Crippen LogP contribution in [0.2, 0.25) is 0 Å². The molecule has 0 saturated heterocycles. The van der Waals surface area contributed by atoms with Crippen LogP contribution < -0.4 is 5.32 Å².